The zero-order valence-corrected chi connectivity index (χ0v) is 14.9. The SMILES string of the molecule is CN=C(NCCC1CC1)NC(C)COC1CCOC1.I. The highest BCUT2D eigenvalue weighted by Crippen LogP contribution is 2.31. The molecule has 1 aliphatic heterocycles. The van der Waals surface area contributed by atoms with Crippen LogP contribution >= 0.6 is 24.0 Å². The van der Waals surface area contributed by atoms with Gasteiger partial charge in [0.25, 0.3) is 0 Å². The molecule has 2 unspecified atom stereocenters. The monoisotopic (exact) mass is 397 g/mol. The molecule has 5 nitrogen and oxygen atoms in total. The second kappa shape index (κ2) is 9.78. The van der Waals surface area contributed by atoms with Crippen LogP contribution in [0.25, 0.3) is 0 Å². The van der Waals surface area contributed by atoms with E-state index in [4.69, 9.17) is 9.47 Å². The van der Waals surface area contributed by atoms with E-state index < -0.39 is 0 Å². The van der Waals surface area contributed by atoms with Gasteiger partial charge in [-0.3, -0.25) is 4.99 Å². The Morgan fingerprint density at radius 1 is 1.40 bits per heavy atom. The molecule has 2 N–H and O–H groups in total. The minimum Gasteiger partial charge on any atom is -0.379 e. The molecule has 0 aromatic carbocycles. The summed E-state index contributed by atoms with van der Waals surface area (Å²) in [5, 5.41) is 6.72. The Kier molecular flexibility index (Phi) is 8.79. The van der Waals surface area contributed by atoms with E-state index in [0.717, 1.165) is 38.1 Å². The summed E-state index contributed by atoms with van der Waals surface area (Å²) in [5.74, 6) is 1.83. The Morgan fingerprint density at radius 2 is 2.20 bits per heavy atom. The van der Waals surface area contributed by atoms with Crippen LogP contribution in [-0.4, -0.2) is 51.5 Å². The van der Waals surface area contributed by atoms with Crippen molar-refractivity contribution in [2.45, 2.75) is 44.8 Å². The smallest absolute Gasteiger partial charge is 0.191 e. The van der Waals surface area contributed by atoms with Crippen LogP contribution in [0.15, 0.2) is 4.99 Å². The van der Waals surface area contributed by atoms with Crippen molar-refractivity contribution in [3.8, 4) is 0 Å². The third kappa shape index (κ3) is 7.08. The van der Waals surface area contributed by atoms with Gasteiger partial charge in [0.2, 0.25) is 0 Å². The van der Waals surface area contributed by atoms with Crippen LogP contribution in [0.5, 0.6) is 0 Å². The van der Waals surface area contributed by atoms with Gasteiger partial charge in [-0.15, -0.1) is 24.0 Å². The highest BCUT2D eigenvalue weighted by molar-refractivity contribution is 14.0. The van der Waals surface area contributed by atoms with Gasteiger partial charge in [-0.25, -0.2) is 0 Å². The predicted molar refractivity (Wildman–Crippen MR) is 91.9 cm³/mol. The number of nitrogens with zero attached hydrogens (tertiary/aromatic N) is 1. The van der Waals surface area contributed by atoms with Crippen molar-refractivity contribution in [3.05, 3.63) is 0 Å². The van der Waals surface area contributed by atoms with Crippen LogP contribution in [-0.2, 0) is 9.47 Å². The van der Waals surface area contributed by atoms with Crippen LogP contribution in [0, 0.1) is 5.92 Å². The second-order valence-corrected chi connectivity index (χ2v) is 5.60. The molecule has 20 heavy (non-hydrogen) atoms. The maximum absolute atomic E-state index is 5.79. The van der Waals surface area contributed by atoms with Crippen molar-refractivity contribution in [3.63, 3.8) is 0 Å². The summed E-state index contributed by atoms with van der Waals surface area (Å²) >= 11 is 0. The van der Waals surface area contributed by atoms with E-state index in [1.165, 1.54) is 19.3 Å². The van der Waals surface area contributed by atoms with E-state index in [1.54, 1.807) is 0 Å². The lowest BCUT2D eigenvalue weighted by Crippen LogP contribution is -2.44. The molecule has 1 aliphatic carbocycles. The minimum atomic E-state index is 0. The lowest BCUT2D eigenvalue weighted by atomic mass is 10.3. The number of nitrogens with one attached hydrogen (secondary N) is 2. The third-order valence-corrected chi connectivity index (χ3v) is 3.62. The number of hydrogen-bond acceptors (Lipinski definition) is 3. The molecule has 0 amide bonds. The first kappa shape index (κ1) is 18.0. The largest absolute Gasteiger partial charge is 0.379 e. The summed E-state index contributed by atoms with van der Waals surface area (Å²) in [6, 6.07) is 0.257. The van der Waals surface area contributed by atoms with Crippen LogP contribution in [0.2, 0.25) is 0 Å². The fourth-order valence-electron chi connectivity index (χ4n) is 2.20. The van der Waals surface area contributed by atoms with Gasteiger partial charge in [0.15, 0.2) is 5.96 Å². The average molecular weight is 397 g/mol. The van der Waals surface area contributed by atoms with Gasteiger partial charge in [0.1, 0.15) is 0 Å². The maximum atomic E-state index is 5.79. The van der Waals surface area contributed by atoms with E-state index in [0.29, 0.717) is 6.61 Å². The Bertz CT molecular complexity index is 292. The molecule has 0 spiro atoms. The molecule has 2 aliphatic rings. The Balaban J connectivity index is 0.00000200. The molecule has 1 saturated carbocycles. The lowest BCUT2D eigenvalue weighted by Gasteiger charge is -2.19. The minimum absolute atomic E-state index is 0. The number of aliphatic imine (C=N–C) groups is 1. The van der Waals surface area contributed by atoms with Gasteiger partial charge in [-0.05, 0) is 25.7 Å². The summed E-state index contributed by atoms with van der Waals surface area (Å²) in [4.78, 5) is 4.24. The van der Waals surface area contributed by atoms with Crippen molar-refractivity contribution in [2.24, 2.45) is 10.9 Å². The summed E-state index contributed by atoms with van der Waals surface area (Å²) < 4.78 is 11.1. The van der Waals surface area contributed by atoms with Gasteiger partial charge >= 0.3 is 0 Å². The van der Waals surface area contributed by atoms with Crippen molar-refractivity contribution < 1.29 is 9.47 Å². The van der Waals surface area contributed by atoms with Crippen LogP contribution in [0.1, 0.15) is 32.6 Å². The average Bonchev–Trinajstić information content (AvgIpc) is 3.08. The number of hydrogen-bond donors (Lipinski definition) is 2. The first-order chi connectivity index (χ1) is 9.28. The van der Waals surface area contributed by atoms with Gasteiger partial charge in [-0.1, -0.05) is 12.8 Å². The van der Waals surface area contributed by atoms with E-state index in [2.05, 4.69) is 22.5 Å². The third-order valence-electron chi connectivity index (χ3n) is 3.62. The van der Waals surface area contributed by atoms with Crippen LogP contribution < -0.4 is 10.6 Å². The fraction of sp³-hybridized carbons (Fsp3) is 0.929. The molecule has 0 aromatic rings. The molecule has 1 saturated heterocycles. The molecule has 2 fully saturated rings. The van der Waals surface area contributed by atoms with Crippen LogP contribution in [0.4, 0.5) is 0 Å². The summed E-state index contributed by atoms with van der Waals surface area (Å²) in [5.41, 5.74) is 0. The maximum Gasteiger partial charge on any atom is 0.191 e. The van der Waals surface area contributed by atoms with E-state index in [9.17, 15) is 0 Å². The van der Waals surface area contributed by atoms with Crippen molar-refractivity contribution in [1.82, 2.24) is 10.6 Å². The zero-order chi connectivity index (χ0) is 13.5. The van der Waals surface area contributed by atoms with Gasteiger partial charge in [-0.2, -0.15) is 0 Å². The molecular formula is C14H28IN3O2. The molecule has 0 bridgehead atoms. The molecule has 2 rings (SSSR count). The zero-order valence-electron chi connectivity index (χ0n) is 12.6. The molecule has 6 heteroatoms. The van der Waals surface area contributed by atoms with E-state index in [1.807, 2.05) is 7.05 Å². The number of guanidine groups is 1. The summed E-state index contributed by atoms with van der Waals surface area (Å²) in [6.07, 6.45) is 5.35. The molecule has 118 valence electrons. The van der Waals surface area contributed by atoms with Crippen molar-refractivity contribution in [1.29, 1.82) is 0 Å². The number of rotatable bonds is 7. The van der Waals surface area contributed by atoms with E-state index in [-0.39, 0.29) is 36.1 Å². The highest BCUT2D eigenvalue weighted by Gasteiger charge is 2.20. The van der Waals surface area contributed by atoms with E-state index >= 15 is 0 Å². The Morgan fingerprint density at radius 3 is 2.80 bits per heavy atom. The number of halogens is 1. The Labute approximate surface area is 139 Å². The van der Waals surface area contributed by atoms with Crippen molar-refractivity contribution >= 4 is 29.9 Å². The normalized spacial score (nSPS) is 24.1. The first-order valence-corrected chi connectivity index (χ1v) is 7.44. The molecule has 0 aromatic heterocycles. The number of ether oxygens (including phenoxy) is 2. The topological polar surface area (TPSA) is 54.9 Å². The first-order valence-electron chi connectivity index (χ1n) is 7.44. The Hall–Kier alpha value is -0.0800. The van der Waals surface area contributed by atoms with Gasteiger partial charge < -0.3 is 20.1 Å². The fourth-order valence-corrected chi connectivity index (χ4v) is 2.20. The van der Waals surface area contributed by atoms with Gasteiger partial charge in [0, 0.05) is 26.2 Å². The standard InChI is InChI=1S/C14H27N3O2.HI/c1-11(9-19-13-6-8-18-10-13)17-14(15-2)16-7-5-12-3-4-12;/h11-13H,3-10H2,1-2H3,(H2,15,16,17);1H. The molecular weight excluding hydrogens is 369 g/mol. The highest BCUT2D eigenvalue weighted by atomic mass is 127. The molecule has 0 radical (unpaired) electrons. The lowest BCUT2D eigenvalue weighted by molar-refractivity contribution is 0.0347. The van der Waals surface area contributed by atoms with Crippen molar-refractivity contribution in [2.75, 3.05) is 33.4 Å². The quantitative estimate of drug-likeness (QED) is 0.391. The second-order valence-electron chi connectivity index (χ2n) is 5.60. The molecule has 1 heterocycles. The molecule has 2 atom stereocenters. The van der Waals surface area contributed by atoms with Crippen LogP contribution in [0.3, 0.4) is 0 Å². The summed E-state index contributed by atoms with van der Waals surface area (Å²) in [6.45, 7) is 5.38. The van der Waals surface area contributed by atoms with Gasteiger partial charge in [0.05, 0.1) is 19.3 Å². The predicted octanol–water partition coefficient (Wildman–Crippen LogP) is 1.76. The summed E-state index contributed by atoms with van der Waals surface area (Å²) in [7, 11) is 1.81.